The molecule has 0 aromatic carbocycles. The van der Waals surface area contributed by atoms with Crippen molar-refractivity contribution in [3.63, 3.8) is 0 Å². The van der Waals surface area contributed by atoms with Crippen molar-refractivity contribution in [1.29, 1.82) is 0 Å². The van der Waals surface area contributed by atoms with Gasteiger partial charge in [-0.2, -0.15) is 5.10 Å². The Bertz CT molecular complexity index is 478. The van der Waals surface area contributed by atoms with Crippen molar-refractivity contribution in [3.8, 4) is 0 Å². The van der Waals surface area contributed by atoms with Crippen LogP contribution < -0.4 is 10.6 Å². The highest BCUT2D eigenvalue weighted by atomic mass is 16.5. The van der Waals surface area contributed by atoms with Crippen LogP contribution in [-0.4, -0.2) is 59.1 Å². The normalized spacial score (nSPS) is 23.0. The number of anilines is 1. The first-order valence-electron chi connectivity index (χ1n) is 7.37. The second-order valence-electron chi connectivity index (χ2n) is 5.69. The highest BCUT2D eigenvalue weighted by Crippen LogP contribution is 2.10. The van der Waals surface area contributed by atoms with Crippen LogP contribution in [0.25, 0.3) is 0 Å². The average molecular weight is 295 g/mol. The third-order valence-electron chi connectivity index (χ3n) is 3.45. The van der Waals surface area contributed by atoms with Gasteiger partial charge < -0.3 is 10.1 Å². The number of amides is 2. The Morgan fingerprint density at radius 1 is 1.43 bits per heavy atom. The molecule has 0 aliphatic carbocycles. The van der Waals surface area contributed by atoms with E-state index < -0.39 is 0 Å². The van der Waals surface area contributed by atoms with E-state index >= 15 is 0 Å². The zero-order chi connectivity index (χ0) is 15.4. The van der Waals surface area contributed by atoms with Gasteiger partial charge in [0.15, 0.2) is 0 Å². The lowest BCUT2D eigenvalue weighted by molar-refractivity contribution is -0.0672. The van der Waals surface area contributed by atoms with E-state index in [0.29, 0.717) is 12.4 Å². The van der Waals surface area contributed by atoms with Crippen molar-refractivity contribution >= 4 is 11.8 Å². The molecule has 2 rings (SSSR count). The van der Waals surface area contributed by atoms with Gasteiger partial charge >= 0.3 is 6.03 Å². The number of urea groups is 1. The molecule has 1 aromatic heterocycles. The number of aryl methyl sites for hydroxylation is 2. The third-order valence-corrected chi connectivity index (χ3v) is 3.45. The highest BCUT2D eigenvalue weighted by molar-refractivity contribution is 5.88. The van der Waals surface area contributed by atoms with Gasteiger partial charge in [0, 0.05) is 39.3 Å². The first-order valence-corrected chi connectivity index (χ1v) is 7.37. The Morgan fingerprint density at radius 3 is 2.67 bits per heavy atom. The Hall–Kier alpha value is -1.60. The van der Waals surface area contributed by atoms with E-state index in [9.17, 15) is 4.79 Å². The summed E-state index contributed by atoms with van der Waals surface area (Å²) >= 11 is 0. The molecule has 2 amide bonds. The molecule has 118 valence electrons. The molecule has 7 nitrogen and oxygen atoms in total. The van der Waals surface area contributed by atoms with Gasteiger partial charge in [-0.1, -0.05) is 0 Å². The van der Waals surface area contributed by atoms with Crippen molar-refractivity contribution in [3.05, 3.63) is 11.8 Å². The number of rotatable bonds is 4. The maximum Gasteiger partial charge on any atom is 0.320 e. The van der Waals surface area contributed by atoms with Crippen molar-refractivity contribution in [2.45, 2.75) is 33.0 Å². The molecule has 1 saturated heterocycles. The van der Waals surface area contributed by atoms with Gasteiger partial charge in [0.05, 0.1) is 17.9 Å². The summed E-state index contributed by atoms with van der Waals surface area (Å²) in [6, 6.07) is 1.64. The number of carbonyl (C=O) groups excluding carboxylic acids is 1. The maximum atomic E-state index is 11.8. The Kier molecular flexibility index (Phi) is 5.19. The standard InChI is InChI=1S/C14H25N5O2/c1-10-7-13(18(4)17-10)16-14(20)15-5-6-19-8-11(2)21-12(3)9-19/h7,11-12H,5-6,8-9H2,1-4H3,(H2,15,16,20)/t11-,12-/m0/s1. The van der Waals surface area contributed by atoms with Crippen LogP contribution in [-0.2, 0) is 11.8 Å². The molecule has 2 N–H and O–H groups in total. The first-order chi connectivity index (χ1) is 9.94. The minimum atomic E-state index is -0.202. The SMILES string of the molecule is Cc1cc(NC(=O)NCCN2C[C@H](C)O[C@@H](C)C2)n(C)n1. The lowest BCUT2D eigenvalue weighted by atomic mass is 10.2. The van der Waals surface area contributed by atoms with E-state index in [1.807, 2.05) is 13.0 Å². The molecule has 0 radical (unpaired) electrons. The van der Waals surface area contributed by atoms with E-state index in [1.54, 1.807) is 11.7 Å². The number of nitrogens with one attached hydrogen (secondary N) is 2. The van der Waals surface area contributed by atoms with Crippen molar-refractivity contribution in [1.82, 2.24) is 20.0 Å². The molecular formula is C14H25N5O2. The van der Waals surface area contributed by atoms with Gasteiger partial charge in [-0.3, -0.25) is 14.9 Å². The van der Waals surface area contributed by atoms with Crippen LogP contribution >= 0.6 is 0 Å². The van der Waals surface area contributed by atoms with Gasteiger partial charge in [0.2, 0.25) is 0 Å². The number of morpholine rings is 1. The largest absolute Gasteiger partial charge is 0.373 e. The predicted octanol–water partition coefficient (Wildman–Crippen LogP) is 0.959. The van der Waals surface area contributed by atoms with Gasteiger partial charge in [0.25, 0.3) is 0 Å². The van der Waals surface area contributed by atoms with Gasteiger partial charge in [-0.05, 0) is 20.8 Å². The van der Waals surface area contributed by atoms with E-state index in [0.717, 1.165) is 25.3 Å². The smallest absolute Gasteiger partial charge is 0.320 e. The molecule has 0 bridgehead atoms. The van der Waals surface area contributed by atoms with Crippen LogP contribution in [0.1, 0.15) is 19.5 Å². The number of ether oxygens (including phenoxy) is 1. The molecule has 1 fully saturated rings. The Morgan fingerprint density at radius 2 is 2.10 bits per heavy atom. The highest BCUT2D eigenvalue weighted by Gasteiger charge is 2.21. The molecule has 1 aliphatic heterocycles. The summed E-state index contributed by atoms with van der Waals surface area (Å²) in [6.07, 6.45) is 0.500. The summed E-state index contributed by atoms with van der Waals surface area (Å²) in [6.45, 7) is 9.31. The number of nitrogens with zero attached hydrogens (tertiary/aromatic N) is 3. The quantitative estimate of drug-likeness (QED) is 0.868. The van der Waals surface area contributed by atoms with Crippen LogP contribution in [0, 0.1) is 6.92 Å². The number of aromatic nitrogens is 2. The molecule has 7 heteroatoms. The van der Waals surface area contributed by atoms with E-state index in [1.165, 1.54) is 0 Å². The summed E-state index contributed by atoms with van der Waals surface area (Å²) in [5.41, 5.74) is 0.879. The molecule has 1 aromatic rings. The summed E-state index contributed by atoms with van der Waals surface area (Å²) in [7, 11) is 1.80. The summed E-state index contributed by atoms with van der Waals surface area (Å²) in [4.78, 5) is 14.2. The summed E-state index contributed by atoms with van der Waals surface area (Å²) < 4.78 is 7.34. The van der Waals surface area contributed by atoms with Gasteiger partial charge in [-0.25, -0.2) is 4.79 Å². The van der Waals surface area contributed by atoms with Crippen LogP contribution in [0.2, 0.25) is 0 Å². The second kappa shape index (κ2) is 6.91. The lowest BCUT2D eigenvalue weighted by Crippen LogP contribution is -2.48. The Balaban J connectivity index is 1.71. The predicted molar refractivity (Wildman–Crippen MR) is 81.4 cm³/mol. The van der Waals surface area contributed by atoms with Crippen LogP contribution in [0.15, 0.2) is 6.07 Å². The van der Waals surface area contributed by atoms with E-state index in [4.69, 9.17) is 4.74 Å². The summed E-state index contributed by atoms with van der Waals surface area (Å²) in [5, 5.41) is 9.85. The zero-order valence-electron chi connectivity index (χ0n) is 13.2. The number of carbonyl (C=O) groups is 1. The minimum absolute atomic E-state index is 0.202. The fraction of sp³-hybridized carbons (Fsp3) is 0.714. The molecule has 0 unspecified atom stereocenters. The average Bonchev–Trinajstić information content (AvgIpc) is 2.66. The third kappa shape index (κ3) is 4.71. The topological polar surface area (TPSA) is 71.4 Å². The molecule has 0 saturated carbocycles. The molecule has 21 heavy (non-hydrogen) atoms. The molecular weight excluding hydrogens is 270 g/mol. The van der Waals surface area contributed by atoms with Crippen molar-refractivity contribution in [2.24, 2.45) is 7.05 Å². The fourth-order valence-electron chi connectivity index (χ4n) is 2.68. The van der Waals surface area contributed by atoms with E-state index in [-0.39, 0.29) is 18.2 Å². The van der Waals surface area contributed by atoms with Crippen LogP contribution in [0.5, 0.6) is 0 Å². The number of hydrogen-bond donors (Lipinski definition) is 2. The molecule has 1 aliphatic rings. The van der Waals surface area contributed by atoms with Crippen molar-refractivity contribution < 1.29 is 9.53 Å². The molecule has 2 atom stereocenters. The minimum Gasteiger partial charge on any atom is -0.373 e. The summed E-state index contributed by atoms with van der Waals surface area (Å²) in [5.74, 6) is 0.693. The lowest BCUT2D eigenvalue weighted by Gasteiger charge is -2.35. The number of hydrogen-bond acceptors (Lipinski definition) is 4. The monoisotopic (exact) mass is 295 g/mol. The molecule has 0 spiro atoms. The zero-order valence-corrected chi connectivity index (χ0v) is 13.2. The Labute approximate surface area is 125 Å². The molecule has 2 heterocycles. The van der Waals surface area contributed by atoms with Crippen LogP contribution in [0.4, 0.5) is 10.6 Å². The van der Waals surface area contributed by atoms with Gasteiger partial charge in [-0.15, -0.1) is 0 Å². The first kappa shape index (κ1) is 15.8. The van der Waals surface area contributed by atoms with Crippen LogP contribution in [0.3, 0.4) is 0 Å². The van der Waals surface area contributed by atoms with Crippen molar-refractivity contribution in [2.75, 3.05) is 31.5 Å². The second-order valence-corrected chi connectivity index (χ2v) is 5.69. The fourth-order valence-corrected chi connectivity index (χ4v) is 2.68. The van der Waals surface area contributed by atoms with E-state index in [2.05, 4.69) is 34.5 Å². The maximum absolute atomic E-state index is 11.8. The van der Waals surface area contributed by atoms with Gasteiger partial charge in [0.1, 0.15) is 5.82 Å².